The molecular formula is C12H20F2N2O. The minimum absolute atomic E-state index is 0.135. The highest BCUT2D eigenvalue weighted by Crippen LogP contribution is 2.26. The zero-order valence-corrected chi connectivity index (χ0v) is 10.1. The van der Waals surface area contributed by atoms with E-state index in [2.05, 4.69) is 5.32 Å². The molecule has 17 heavy (non-hydrogen) atoms. The van der Waals surface area contributed by atoms with Crippen molar-refractivity contribution >= 4 is 5.91 Å². The number of hydrogen-bond acceptors (Lipinski definition) is 2. The number of nitrogens with zero attached hydrogens (tertiary/aromatic N) is 1. The molecule has 1 N–H and O–H groups in total. The van der Waals surface area contributed by atoms with Gasteiger partial charge >= 0.3 is 0 Å². The first-order chi connectivity index (χ1) is 8.08. The summed E-state index contributed by atoms with van der Waals surface area (Å²) in [5, 5.41) is 2.64. The largest absolute Gasteiger partial charge is 0.341 e. The molecule has 1 amide bonds. The van der Waals surface area contributed by atoms with Gasteiger partial charge in [-0.3, -0.25) is 10.1 Å². The summed E-state index contributed by atoms with van der Waals surface area (Å²) in [4.78, 5) is 13.8. The van der Waals surface area contributed by atoms with Crippen LogP contribution in [0.5, 0.6) is 0 Å². The predicted octanol–water partition coefficient (Wildman–Crippen LogP) is 1.78. The van der Waals surface area contributed by atoms with Crippen LogP contribution in [0.3, 0.4) is 0 Å². The summed E-state index contributed by atoms with van der Waals surface area (Å²) in [6, 6.07) is -0.676. The number of carbonyl (C=O) groups is 1. The number of hydrogen-bond donors (Lipinski definition) is 1. The van der Waals surface area contributed by atoms with Crippen molar-refractivity contribution in [3.05, 3.63) is 0 Å². The van der Waals surface area contributed by atoms with Gasteiger partial charge in [0.15, 0.2) is 0 Å². The summed E-state index contributed by atoms with van der Waals surface area (Å²) in [6.07, 6.45) is 5.14. The van der Waals surface area contributed by atoms with Gasteiger partial charge in [0.2, 0.25) is 5.91 Å². The number of amides is 1. The molecule has 0 aromatic heterocycles. The van der Waals surface area contributed by atoms with E-state index in [9.17, 15) is 13.6 Å². The van der Waals surface area contributed by atoms with Crippen LogP contribution in [0.15, 0.2) is 0 Å². The number of rotatable bonds is 1. The lowest BCUT2D eigenvalue weighted by Gasteiger charge is -2.27. The summed E-state index contributed by atoms with van der Waals surface area (Å²) in [7, 11) is 0. The highest BCUT2D eigenvalue weighted by atomic mass is 19.3. The third-order valence-electron chi connectivity index (χ3n) is 3.58. The first-order valence-corrected chi connectivity index (χ1v) is 6.48. The fourth-order valence-corrected chi connectivity index (χ4v) is 2.58. The highest BCUT2D eigenvalue weighted by molar-refractivity contribution is 5.82. The first kappa shape index (κ1) is 12.7. The van der Waals surface area contributed by atoms with Crippen LogP contribution >= 0.6 is 0 Å². The van der Waals surface area contributed by atoms with Crippen LogP contribution in [0.4, 0.5) is 8.78 Å². The Morgan fingerprint density at radius 2 is 1.71 bits per heavy atom. The first-order valence-electron chi connectivity index (χ1n) is 6.48. The molecule has 0 radical (unpaired) electrons. The highest BCUT2D eigenvalue weighted by Gasteiger charge is 2.43. The van der Waals surface area contributed by atoms with E-state index in [4.69, 9.17) is 0 Å². The monoisotopic (exact) mass is 246 g/mol. The van der Waals surface area contributed by atoms with Crippen molar-refractivity contribution in [3.63, 3.8) is 0 Å². The second kappa shape index (κ2) is 5.29. The Labute approximate surface area is 101 Å². The van der Waals surface area contributed by atoms with Gasteiger partial charge in [-0.05, 0) is 12.8 Å². The van der Waals surface area contributed by atoms with Gasteiger partial charge in [0.05, 0.1) is 12.6 Å². The van der Waals surface area contributed by atoms with Gasteiger partial charge in [-0.15, -0.1) is 0 Å². The van der Waals surface area contributed by atoms with Gasteiger partial charge in [-0.25, -0.2) is 8.78 Å². The van der Waals surface area contributed by atoms with E-state index in [-0.39, 0.29) is 18.9 Å². The predicted molar refractivity (Wildman–Crippen MR) is 61.0 cm³/mol. The Balaban J connectivity index is 1.89. The second-order valence-electron chi connectivity index (χ2n) is 5.09. The number of carbonyl (C=O) groups excluding carboxylic acids is 1. The third kappa shape index (κ3) is 3.37. The van der Waals surface area contributed by atoms with Crippen LogP contribution in [-0.4, -0.2) is 42.4 Å². The van der Waals surface area contributed by atoms with Crippen molar-refractivity contribution in [2.45, 2.75) is 50.5 Å². The van der Waals surface area contributed by atoms with E-state index in [1.807, 2.05) is 0 Å². The van der Waals surface area contributed by atoms with Crippen molar-refractivity contribution in [3.8, 4) is 0 Å². The molecule has 0 bridgehead atoms. The maximum atomic E-state index is 13.0. The maximum absolute atomic E-state index is 13.0. The third-order valence-corrected chi connectivity index (χ3v) is 3.58. The summed E-state index contributed by atoms with van der Waals surface area (Å²) in [5.41, 5.74) is 0. The minimum atomic E-state index is -2.72. The van der Waals surface area contributed by atoms with Crippen LogP contribution in [0.1, 0.15) is 38.5 Å². The molecule has 2 heterocycles. The average Bonchev–Trinajstić information content (AvgIpc) is 2.57. The van der Waals surface area contributed by atoms with Crippen LogP contribution in [0, 0.1) is 0 Å². The molecule has 2 saturated heterocycles. The van der Waals surface area contributed by atoms with Gasteiger partial charge in [0.1, 0.15) is 0 Å². The Morgan fingerprint density at radius 3 is 2.24 bits per heavy atom. The Hall–Kier alpha value is -0.710. The molecule has 0 spiro atoms. The zero-order valence-electron chi connectivity index (χ0n) is 10.1. The van der Waals surface area contributed by atoms with Gasteiger partial charge in [0.25, 0.3) is 5.92 Å². The molecule has 2 fully saturated rings. The van der Waals surface area contributed by atoms with Crippen LogP contribution < -0.4 is 5.32 Å². The van der Waals surface area contributed by atoms with E-state index >= 15 is 0 Å². The minimum Gasteiger partial charge on any atom is -0.341 e. The van der Waals surface area contributed by atoms with Crippen LogP contribution in [0.25, 0.3) is 0 Å². The number of likely N-dealkylation sites (tertiary alicyclic amines) is 1. The van der Waals surface area contributed by atoms with Crippen molar-refractivity contribution in [1.29, 1.82) is 0 Å². The van der Waals surface area contributed by atoms with Crippen molar-refractivity contribution in [2.24, 2.45) is 0 Å². The summed E-state index contributed by atoms with van der Waals surface area (Å²) < 4.78 is 26.1. The average molecular weight is 246 g/mol. The molecule has 0 aromatic carbocycles. The van der Waals surface area contributed by atoms with Crippen LogP contribution in [-0.2, 0) is 4.79 Å². The van der Waals surface area contributed by atoms with Gasteiger partial charge in [-0.2, -0.15) is 0 Å². The van der Waals surface area contributed by atoms with E-state index in [0.29, 0.717) is 0 Å². The van der Waals surface area contributed by atoms with E-state index in [0.717, 1.165) is 38.8 Å². The number of alkyl halides is 2. The Morgan fingerprint density at radius 1 is 1.12 bits per heavy atom. The zero-order chi connectivity index (χ0) is 12.3. The van der Waals surface area contributed by atoms with Crippen molar-refractivity contribution < 1.29 is 13.6 Å². The fourth-order valence-electron chi connectivity index (χ4n) is 2.58. The lowest BCUT2D eigenvalue weighted by atomic mass is 10.1. The molecule has 2 rings (SSSR count). The van der Waals surface area contributed by atoms with E-state index < -0.39 is 12.0 Å². The van der Waals surface area contributed by atoms with Gasteiger partial charge in [0, 0.05) is 19.5 Å². The standard InChI is InChI=1S/C12H20F2N2O/c13-12(14)8-10(15-9-12)11(17)16-6-4-2-1-3-5-7-16/h10,15H,1-9H2. The van der Waals surface area contributed by atoms with Gasteiger partial charge in [-0.1, -0.05) is 19.3 Å². The SMILES string of the molecule is O=C(C1CC(F)(F)CN1)N1CCCCCCC1. The molecular weight excluding hydrogens is 226 g/mol. The summed E-state index contributed by atoms with van der Waals surface area (Å²) in [5.74, 6) is -2.85. The number of halogens is 2. The van der Waals surface area contributed by atoms with E-state index in [1.54, 1.807) is 4.90 Å². The molecule has 1 unspecified atom stereocenters. The van der Waals surface area contributed by atoms with Gasteiger partial charge < -0.3 is 4.90 Å². The van der Waals surface area contributed by atoms with E-state index in [1.165, 1.54) is 6.42 Å². The topological polar surface area (TPSA) is 32.3 Å². The quantitative estimate of drug-likeness (QED) is 0.765. The summed E-state index contributed by atoms with van der Waals surface area (Å²) in [6.45, 7) is 1.09. The lowest BCUT2D eigenvalue weighted by Crippen LogP contribution is -2.44. The molecule has 98 valence electrons. The molecule has 0 saturated carbocycles. The molecule has 1 atom stereocenters. The molecule has 2 aliphatic rings. The number of nitrogens with one attached hydrogen (secondary N) is 1. The smallest absolute Gasteiger partial charge is 0.262 e. The Kier molecular flexibility index (Phi) is 3.97. The molecule has 0 aromatic rings. The fraction of sp³-hybridized carbons (Fsp3) is 0.917. The molecule has 5 heteroatoms. The maximum Gasteiger partial charge on any atom is 0.262 e. The summed E-state index contributed by atoms with van der Waals surface area (Å²) >= 11 is 0. The van der Waals surface area contributed by atoms with Crippen LogP contribution in [0.2, 0.25) is 0 Å². The second-order valence-corrected chi connectivity index (χ2v) is 5.09. The Bertz CT molecular complexity index is 276. The normalized spacial score (nSPS) is 29.8. The molecule has 0 aliphatic carbocycles. The van der Waals surface area contributed by atoms with Crippen molar-refractivity contribution in [1.82, 2.24) is 10.2 Å². The lowest BCUT2D eigenvalue weighted by molar-refractivity contribution is -0.134. The van der Waals surface area contributed by atoms with Crippen molar-refractivity contribution in [2.75, 3.05) is 19.6 Å². The molecule has 3 nitrogen and oxygen atoms in total. The molecule has 2 aliphatic heterocycles.